The number of benzene rings is 1. The van der Waals surface area contributed by atoms with Gasteiger partial charge in [-0.3, -0.25) is 4.79 Å². The number of halogens is 1. The minimum atomic E-state index is -0.0957. The molecular weight excluding hydrogens is 330 g/mol. The fourth-order valence-corrected chi connectivity index (χ4v) is 3.75. The lowest BCUT2D eigenvalue weighted by Crippen LogP contribution is -2.21. The number of hydrogen-bond donors (Lipinski definition) is 1. The number of amides is 1. The Morgan fingerprint density at radius 2 is 2.22 bits per heavy atom. The Balaban J connectivity index is 1.51. The normalized spacial score (nSPS) is 14.3. The van der Waals surface area contributed by atoms with Gasteiger partial charge in [-0.05, 0) is 42.7 Å². The maximum absolute atomic E-state index is 12.1. The predicted molar refractivity (Wildman–Crippen MR) is 93.2 cm³/mol. The van der Waals surface area contributed by atoms with Crippen molar-refractivity contribution >= 4 is 39.9 Å². The summed E-state index contributed by atoms with van der Waals surface area (Å²) in [6.45, 7) is 0.486. The fourth-order valence-electron chi connectivity index (χ4n) is 2.79. The Morgan fingerprint density at radius 3 is 2.91 bits per heavy atom. The smallest absolute Gasteiger partial charge is 0.261 e. The monoisotopic (exact) mass is 345 g/mol. The van der Waals surface area contributed by atoms with Crippen LogP contribution in [-0.2, 0) is 13.6 Å². The number of carbonyl (C=O) groups excluding carboxylic acids is 1. The van der Waals surface area contributed by atoms with E-state index in [2.05, 4.69) is 29.1 Å². The molecule has 2 aromatic heterocycles. The van der Waals surface area contributed by atoms with Gasteiger partial charge in [0, 0.05) is 19.5 Å². The summed E-state index contributed by atoms with van der Waals surface area (Å²) in [5, 5.41) is 2.93. The highest BCUT2D eigenvalue weighted by atomic mass is 35.5. The zero-order chi connectivity index (χ0) is 16.0. The molecule has 1 fully saturated rings. The maximum Gasteiger partial charge on any atom is 0.261 e. The van der Waals surface area contributed by atoms with E-state index in [1.807, 2.05) is 6.07 Å². The first-order chi connectivity index (χ1) is 11.1. The quantitative estimate of drug-likeness (QED) is 0.774. The van der Waals surface area contributed by atoms with Crippen LogP contribution >= 0.6 is 22.9 Å². The lowest BCUT2D eigenvalue weighted by molar-refractivity contribution is 0.0955. The summed E-state index contributed by atoms with van der Waals surface area (Å²) < 4.78 is 2.81. The van der Waals surface area contributed by atoms with E-state index in [4.69, 9.17) is 16.6 Å². The lowest BCUT2D eigenvalue weighted by Gasteiger charge is -2.04. The molecule has 0 unspecified atom stereocenters. The molecule has 118 valence electrons. The molecule has 1 aromatic carbocycles. The summed E-state index contributed by atoms with van der Waals surface area (Å²) in [5.74, 6) is 1.70. The Bertz CT molecular complexity index is 895. The van der Waals surface area contributed by atoms with Gasteiger partial charge in [-0.15, -0.1) is 11.3 Å². The van der Waals surface area contributed by atoms with Crippen LogP contribution in [0.25, 0.3) is 11.0 Å². The Kier molecular flexibility index (Phi) is 3.62. The average Bonchev–Trinajstić information content (AvgIpc) is 3.22. The van der Waals surface area contributed by atoms with Crippen molar-refractivity contribution in [1.29, 1.82) is 0 Å². The molecule has 23 heavy (non-hydrogen) atoms. The van der Waals surface area contributed by atoms with Gasteiger partial charge in [-0.25, -0.2) is 4.98 Å². The number of aromatic nitrogens is 2. The van der Waals surface area contributed by atoms with Crippen LogP contribution in [0.2, 0.25) is 4.34 Å². The Morgan fingerprint density at radius 1 is 1.39 bits per heavy atom. The first-order valence-electron chi connectivity index (χ1n) is 7.60. The number of hydrogen-bond acceptors (Lipinski definition) is 3. The van der Waals surface area contributed by atoms with E-state index in [1.165, 1.54) is 30.0 Å². The molecule has 1 aliphatic carbocycles. The van der Waals surface area contributed by atoms with Crippen LogP contribution in [-0.4, -0.2) is 15.5 Å². The second-order valence-electron chi connectivity index (χ2n) is 5.91. The number of rotatable bonds is 4. The zero-order valence-corrected chi connectivity index (χ0v) is 14.2. The van der Waals surface area contributed by atoms with E-state index in [9.17, 15) is 4.79 Å². The Hall–Kier alpha value is -1.85. The van der Waals surface area contributed by atoms with Crippen LogP contribution in [0.5, 0.6) is 0 Å². The van der Waals surface area contributed by atoms with Crippen LogP contribution in [0.3, 0.4) is 0 Å². The number of carbonyl (C=O) groups is 1. The minimum absolute atomic E-state index is 0.0957. The number of nitrogens with one attached hydrogen (secondary N) is 1. The summed E-state index contributed by atoms with van der Waals surface area (Å²) in [6.07, 6.45) is 2.48. The molecule has 1 amide bonds. The van der Waals surface area contributed by atoms with Crippen LogP contribution < -0.4 is 5.32 Å². The molecule has 0 saturated heterocycles. The molecule has 0 spiro atoms. The van der Waals surface area contributed by atoms with Gasteiger partial charge in [0.05, 0.1) is 20.2 Å². The fraction of sp³-hybridized carbons (Fsp3) is 0.294. The van der Waals surface area contributed by atoms with E-state index < -0.39 is 0 Å². The molecule has 2 heterocycles. The summed E-state index contributed by atoms with van der Waals surface area (Å²) in [7, 11) is 2.07. The van der Waals surface area contributed by atoms with Crippen LogP contribution in [0.1, 0.15) is 39.8 Å². The minimum Gasteiger partial charge on any atom is -0.347 e. The first-order valence-corrected chi connectivity index (χ1v) is 8.80. The third-order valence-electron chi connectivity index (χ3n) is 4.17. The van der Waals surface area contributed by atoms with Gasteiger partial charge in [0.2, 0.25) is 0 Å². The van der Waals surface area contributed by atoms with E-state index in [0.29, 0.717) is 21.7 Å². The standard InChI is InChI=1S/C17H16ClN3OS/c1-21-13-5-2-10(8-12(13)20-16(21)11-3-4-11)9-19-17(22)14-6-7-15(18)23-14/h2,5-8,11H,3-4,9H2,1H3,(H,19,22). The average molecular weight is 346 g/mol. The van der Waals surface area contributed by atoms with Crippen molar-refractivity contribution in [2.45, 2.75) is 25.3 Å². The Labute approximate surface area is 143 Å². The molecule has 0 atom stereocenters. The second kappa shape index (κ2) is 5.65. The number of imidazole rings is 1. The van der Waals surface area contributed by atoms with Crippen molar-refractivity contribution in [3.63, 3.8) is 0 Å². The van der Waals surface area contributed by atoms with Gasteiger partial charge in [0.25, 0.3) is 5.91 Å². The van der Waals surface area contributed by atoms with Gasteiger partial charge in [0.15, 0.2) is 0 Å². The summed E-state index contributed by atoms with van der Waals surface area (Å²) in [5.41, 5.74) is 3.20. The zero-order valence-electron chi connectivity index (χ0n) is 12.7. The summed E-state index contributed by atoms with van der Waals surface area (Å²) >= 11 is 7.15. The van der Waals surface area contributed by atoms with E-state index in [1.54, 1.807) is 12.1 Å². The predicted octanol–water partition coefficient (Wildman–Crippen LogP) is 4.10. The second-order valence-corrected chi connectivity index (χ2v) is 7.63. The highest BCUT2D eigenvalue weighted by Crippen LogP contribution is 2.40. The van der Waals surface area contributed by atoms with E-state index in [-0.39, 0.29) is 5.91 Å². The van der Waals surface area contributed by atoms with Gasteiger partial charge in [0.1, 0.15) is 5.82 Å². The van der Waals surface area contributed by atoms with Gasteiger partial charge in [-0.1, -0.05) is 17.7 Å². The number of thiophene rings is 1. The molecule has 1 saturated carbocycles. The summed E-state index contributed by atoms with van der Waals surface area (Å²) in [4.78, 5) is 17.5. The molecular formula is C17H16ClN3OS. The highest BCUT2D eigenvalue weighted by molar-refractivity contribution is 7.17. The van der Waals surface area contributed by atoms with Crippen molar-refractivity contribution in [3.05, 3.63) is 50.9 Å². The number of fused-ring (bicyclic) bond motifs is 1. The summed E-state index contributed by atoms with van der Waals surface area (Å²) in [6, 6.07) is 9.66. The maximum atomic E-state index is 12.1. The molecule has 3 aromatic rings. The third kappa shape index (κ3) is 2.86. The molecule has 0 bridgehead atoms. The third-order valence-corrected chi connectivity index (χ3v) is 5.40. The number of aryl methyl sites for hydroxylation is 1. The molecule has 4 rings (SSSR count). The van der Waals surface area contributed by atoms with Crippen LogP contribution in [0.4, 0.5) is 0 Å². The van der Waals surface area contributed by atoms with Crippen molar-refractivity contribution in [1.82, 2.24) is 14.9 Å². The van der Waals surface area contributed by atoms with Crippen molar-refractivity contribution in [3.8, 4) is 0 Å². The van der Waals surface area contributed by atoms with Crippen LogP contribution in [0.15, 0.2) is 30.3 Å². The molecule has 1 aliphatic rings. The van der Waals surface area contributed by atoms with E-state index in [0.717, 1.165) is 16.6 Å². The van der Waals surface area contributed by atoms with Gasteiger partial charge in [-0.2, -0.15) is 0 Å². The largest absolute Gasteiger partial charge is 0.347 e. The molecule has 0 radical (unpaired) electrons. The number of nitrogens with zero attached hydrogens (tertiary/aromatic N) is 2. The van der Waals surface area contributed by atoms with Gasteiger partial charge < -0.3 is 9.88 Å². The first kappa shape index (κ1) is 14.7. The van der Waals surface area contributed by atoms with Crippen molar-refractivity contribution in [2.75, 3.05) is 0 Å². The topological polar surface area (TPSA) is 46.9 Å². The van der Waals surface area contributed by atoms with Crippen LogP contribution in [0, 0.1) is 0 Å². The highest BCUT2D eigenvalue weighted by Gasteiger charge is 2.28. The van der Waals surface area contributed by atoms with Gasteiger partial charge >= 0.3 is 0 Å². The van der Waals surface area contributed by atoms with Crippen molar-refractivity contribution in [2.24, 2.45) is 7.05 Å². The molecule has 1 N–H and O–H groups in total. The molecule has 4 nitrogen and oxygen atoms in total. The van der Waals surface area contributed by atoms with E-state index >= 15 is 0 Å². The van der Waals surface area contributed by atoms with Crippen molar-refractivity contribution < 1.29 is 4.79 Å². The molecule has 0 aliphatic heterocycles. The SMILES string of the molecule is Cn1c(C2CC2)nc2cc(CNC(=O)c3ccc(Cl)s3)ccc21. The lowest BCUT2D eigenvalue weighted by atomic mass is 10.2. The molecule has 6 heteroatoms.